The van der Waals surface area contributed by atoms with Gasteiger partial charge in [0.2, 0.25) is 5.13 Å². The van der Waals surface area contributed by atoms with Gasteiger partial charge in [0.15, 0.2) is 4.34 Å². The molecule has 7 nitrogen and oxygen atoms in total. The van der Waals surface area contributed by atoms with Gasteiger partial charge in [0.05, 0.1) is 4.92 Å². The predicted molar refractivity (Wildman–Crippen MR) is 59.3 cm³/mol. The SMILES string of the molecule is Nc1nnc(Sc2ccc([N+](=O)[O-])cn2)s1. The molecule has 0 radical (unpaired) electrons. The summed E-state index contributed by atoms with van der Waals surface area (Å²) in [6.45, 7) is 0. The molecule has 16 heavy (non-hydrogen) atoms. The standard InChI is InChI=1S/C7H5N5O2S2/c8-6-10-11-7(16-6)15-5-2-1-4(3-9-5)12(13)14/h1-3H,(H2,8,10). The van der Waals surface area contributed by atoms with E-state index in [9.17, 15) is 10.1 Å². The van der Waals surface area contributed by atoms with Crippen molar-refractivity contribution in [3.05, 3.63) is 28.4 Å². The van der Waals surface area contributed by atoms with Gasteiger partial charge in [-0.15, -0.1) is 10.2 Å². The fraction of sp³-hybridized carbons (Fsp3) is 0. The van der Waals surface area contributed by atoms with Gasteiger partial charge in [-0.3, -0.25) is 10.1 Å². The van der Waals surface area contributed by atoms with Gasteiger partial charge in [-0.05, 0) is 17.8 Å². The highest BCUT2D eigenvalue weighted by atomic mass is 32.2. The number of pyridine rings is 1. The lowest BCUT2D eigenvalue weighted by atomic mass is 10.4. The van der Waals surface area contributed by atoms with E-state index in [1.54, 1.807) is 6.07 Å². The minimum Gasteiger partial charge on any atom is -0.374 e. The van der Waals surface area contributed by atoms with E-state index in [0.717, 1.165) is 0 Å². The molecule has 0 aliphatic rings. The van der Waals surface area contributed by atoms with Crippen LogP contribution in [0.25, 0.3) is 0 Å². The van der Waals surface area contributed by atoms with E-state index >= 15 is 0 Å². The fourth-order valence-electron chi connectivity index (χ4n) is 0.892. The van der Waals surface area contributed by atoms with Crippen molar-refractivity contribution in [2.75, 3.05) is 5.73 Å². The molecule has 0 aliphatic carbocycles. The topological polar surface area (TPSA) is 108 Å². The highest BCUT2D eigenvalue weighted by molar-refractivity contribution is 8.01. The molecule has 0 saturated carbocycles. The summed E-state index contributed by atoms with van der Waals surface area (Å²) in [5.41, 5.74) is 5.38. The summed E-state index contributed by atoms with van der Waals surface area (Å²) in [6, 6.07) is 2.94. The Hall–Kier alpha value is -1.74. The maximum Gasteiger partial charge on any atom is 0.287 e. The Morgan fingerprint density at radius 2 is 2.25 bits per heavy atom. The third kappa shape index (κ3) is 2.44. The maximum atomic E-state index is 10.4. The normalized spacial score (nSPS) is 10.2. The first-order chi connectivity index (χ1) is 7.65. The number of aromatic nitrogens is 3. The summed E-state index contributed by atoms with van der Waals surface area (Å²) in [7, 11) is 0. The second kappa shape index (κ2) is 4.41. The summed E-state index contributed by atoms with van der Waals surface area (Å²) in [5.74, 6) is 0. The predicted octanol–water partition coefficient (Wildman–Crippen LogP) is 1.57. The molecule has 2 rings (SSSR count). The number of hydrogen-bond acceptors (Lipinski definition) is 8. The molecular weight excluding hydrogens is 250 g/mol. The fourth-order valence-corrected chi connectivity index (χ4v) is 2.42. The van der Waals surface area contributed by atoms with Gasteiger partial charge in [-0.25, -0.2) is 4.98 Å². The number of nitrogen functional groups attached to an aromatic ring is 1. The Bertz CT molecular complexity index is 512. The molecule has 2 aromatic rings. The summed E-state index contributed by atoms with van der Waals surface area (Å²) in [4.78, 5) is 13.8. The quantitative estimate of drug-likeness (QED) is 0.655. The third-order valence-electron chi connectivity index (χ3n) is 1.55. The molecule has 0 atom stereocenters. The van der Waals surface area contributed by atoms with E-state index < -0.39 is 4.92 Å². The van der Waals surface area contributed by atoms with Crippen molar-refractivity contribution in [2.45, 2.75) is 9.37 Å². The molecule has 2 N–H and O–H groups in total. The van der Waals surface area contributed by atoms with Gasteiger partial charge < -0.3 is 5.73 Å². The minimum absolute atomic E-state index is 0.0406. The monoisotopic (exact) mass is 255 g/mol. The summed E-state index contributed by atoms with van der Waals surface area (Å²) in [5, 5.41) is 18.8. The van der Waals surface area contributed by atoms with E-state index in [1.165, 1.54) is 35.4 Å². The number of rotatable bonds is 3. The summed E-state index contributed by atoms with van der Waals surface area (Å²) in [6.07, 6.45) is 1.20. The van der Waals surface area contributed by atoms with Crippen LogP contribution in [0.2, 0.25) is 0 Å². The second-order valence-electron chi connectivity index (χ2n) is 2.62. The summed E-state index contributed by atoms with van der Waals surface area (Å²) < 4.78 is 0.652. The molecule has 0 spiro atoms. The van der Waals surface area contributed by atoms with Crippen LogP contribution in [0.3, 0.4) is 0 Å². The average Bonchev–Trinajstić information content (AvgIpc) is 2.65. The van der Waals surface area contributed by atoms with Crippen molar-refractivity contribution in [3.63, 3.8) is 0 Å². The Morgan fingerprint density at radius 1 is 1.44 bits per heavy atom. The number of hydrogen-bond donors (Lipinski definition) is 1. The van der Waals surface area contributed by atoms with Crippen molar-refractivity contribution in [2.24, 2.45) is 0 Å². The van der Waals surface area contributed by atoms with Crippen LogP contribution in [0.15, 0.2) is 27.7 Å². The minimum atomic E-state index is -0.496. The molecule has 82 valence electrons. The molecule has 0 amide bonds. The largest absolute Gasteiger partial charge is 0.374 e. The lowest BCUT2D eigenvalue weighted by molar-refractivity contribution is -0.385. The third-order valence-corrected chi connectivity index (χ3v) is 3.30. The zero-order chi connectivity index (χ0) is 11.5. The smallest absolute Gasteiger partial charge is 0.287 e. The van der Waals surface area contributed by atoms with Gasteiger partial charge in [0, 0.05) is 6.07 Å². The highest BCUT2D eigenvalue weighted by Crippen LogP contribution is 2.29. The number of nitro groups is 1. The van der Waals surface area contributed by atoms with Crippen LogP contribution in [-0.4, -0.2) is 20.1 Å². The first-order valence-electron chi connectivity index (χ1n) is 4.02. The Balaban J connectivity index is 2.14. The number of nitrogens with two attached hydrogens (primary N) is 1. The van der Waals surface area contributed by atoms with Gasteiger partial charge in [0.25, 0.3) is 5.69 Å². The van der Waals surface area contributed by atoms with Crippen molar-refractivity contribution in [1.29, 1.82) is 0 Å². The first-order valence-corrected chi connectivity index (χ1v) is 5.66. The Labute approximate surface area is 97.9 Å². The van der Waals surface area contributed by atoms with Crippen LogP contribution in [0.5, 0.6) is 0 Å². The maximum absolute atomic E-state index is 10.4. The van der Waals surface area contributed by atoms with Gasteiger partial charge in [-0.1, -0.05) is 11.3 Å². The average molecular weight is 255 g/mol. The molecule has 2 heterocycles. The van der Waals surface area contributed by atoms with E-state index in [-0.39, 0.29) is 5.69 Å². The van der Waals surface area contributed by atoms with Crippen molar-refractivity contribution >= 4 is 33.9 Å². The van der Waals surface area contributed by atoms with Crippen molar-refractivity contribution in [3.8, 4) is 0 Å². The second-order valence-corrected chi connectivity index (χ2v) is 4.90. The molecule has 2 aromatic heterocycles. The van der Waals surface area contributed by atoms with Crippen molar-refractivity contribution < 1.29 is 4.92 Å². The van der Waals surface area contributed by atoms with E-state index in [0.29, 0.717) is 14.5 Å². The lowest BCUT2D eigenvalue weighted by Gasteiger charge is -1.94. The first kappa shape index (κ1) is 10.8. The molecule has 0 fully saturated rings. The molecule has 9 heteroatoms. The Morgan fingerprint density at radius 3 is 2.75 bits per heavy atom. The molecule has 0 saturated heterocycles. The van der Waals surface area contributed by atoms with E-state index in [2.05, 4.69) is 15.2 Å². The Kier molecular flexibility index (Phi) is 2.97. The molecule has 0 aliphatic heterocycles. The summed E-state index contributed by atoms with van der Waals surface area (Å²) >= 11 is 2.50. The van der Waals surface area contributed by atoms with Crippen molar-refractivity contribution in [1.82, 2.24) is 15.2 Å². The van der Waals surface area contributed by atoms with Crippen LogP contribution in [-0.2, 0) is 0 Å². The molecule has 0 aromatic carbocycles. The molecular formula is C7H5N5O2S2. The zero-order valence-corrected chi connectivity index (χ0v) is 9.36. The van der Waals surface area contributed by atoms with Crippen LogP contribution in [0, 0.1) is 10.1 Å². The lowest BCUT2D eigenvalue weighted by Crippen LogP contribution is -1.89. The van der Waals surface area contributed by atoms with Gasteiger partial charge >= 0.3 is 0 Å². The number of nitrogens with zero attached hydrogens (tertiary/aromatic N) is 4. The molecule has 0 unspecified atom stereocenters. The highest BCUT2D eigenvalue weighted by Gasteiger charge is 2.08. The van der Waals surface area contributed by atoms with Crippen LogP contribution in [0.4, 0.5) is 10.8 Å². The van der Waals surface area contributed by atoms with Crippen LogP contribution >= 0.6 is 23.1 Å². The zero-order valence-electron chi connectivity index (χ0n) is 7.73. The van der Waals surface area contributed by atoms with Crippen LogP contribution < -0.4 is 5.73 Å². The van der Waals surface area contributed by atoms with Gasteiger partial charge in [0.1, 0.15) is 11.2 Å². The van der Waals surface area contributed by atoms with Crippen LogP contribution in [0.1, 0.15) is 0 Å². The van der Waals surface area contributed by atoms with Gasteiger partial charge in [-0.2, -0.15) is 0 Å². The number of anilines is 1. The molecule has 0 bridgehead atoms. The van der Waals surface area contributed by atoms with E-state index in [1.807, 2.05) is 0 Å². The van der Waals surface area contributed by atoms with E-state index in [4.69, 9.17) is 5.73 Å².